The van der Waals surface area contributed by atoms with Gasteiger partial charge in [-0.1, -0.05) is 11.6 Å². The van der Waals surface area contributed by atoms with E-state index in [4.69, 9.17) is 16.0 Å². The van der Waals surface area contributed by atoms with E-state index in [-0.39, 0.29) is 11.7 Å². The Balaban J connectivity index is 1.78. The van der Waals surface area contributed by atoms with Crippen LogP contribution >= 0.6 is 11.6 Å². The predicted octanol–water partition coefficient (Wildman–Crippen LogP) is 1.12. The Bertz CT molecular complexity index is 388. The maximum atomic E-state index is 12.0. The summed E-state index contributed by atoms with van der Waals surface area (Å²) < 4.78 is 5.09. The summed E-state index contributed by atoms with van der Waals surface area (Å²) in [6, 6.07) is 2.51. The number of fused-ring (bicyclic) bond motifs is 2. The van der Waals surface area contributed by atoms with Crippen molar-refractivity contribution in [3.05, 3.63) is 23.1 Å². The van der Waals surface area contributed by atoms with Gasteiger partial charge < -0.3 is 14.6 Å². The first-order valence-corrected chi connectivity index (χ1v) is 5.40. The third-order valence-corrected chi connectivity index (χ3v) is 3.32. The largest absolute Gasteiger partial charge is 0.458 e. The van der Waals surface area contributed by atoms with Crippen LogP contribution in [0.2, 0.25) is 5.02 Å². The molecule has 3 saturated heterocycles. The van der Waals surface area contributed by atoms with E-state index < -0.39 is 0 Å². The van der Waals surface area contributed by atoms with E-state index in [0.29, 0.717) is 17.1 Å². The Hall–Kier alpha value is -1.00. The molecule has 3 aliphatic rings. The zero-order valence-corrected chi connectivity index (χ0v) is 8.83. The molecule has 0 aliphatic carbocycles. The predicted molar refractivity (Wildman–Crippen MR) is 55.0 cm³/mol. The summed E-state index contributed by atoms with van der Waals surface area (Å²) in [4.78, 5) is 13.8. The fourth-order valence-electron chi connectivity index (χ4n) is 2.27. The Labute approximate surface area is 92.2 Å². The molecule has 80 valence electrons. The first kappa shape index (κ1) is 9.24. The average Bonchev–Trinajstić information content (AvgIpc) is 2.62. The number of amides is 1. The van der Waals surface area contributed by atoms with Crippen LogP contribution in [0.5, 0.6) is 0 Å². The molecule has 1 amide bonds. The highest BCUT2D eigenvalue weighted by molar-refractivity contribution is 6.33. The number of carbonyl (C=O) groups excluding carboxylic acids is 1. The number of rotatable bonds is 1. The molecule has 5 heteroatoms. The lowest BCUT2D eigenvalue weighted by atomic mass is 9.91. The van der Waals surface area contributed by atoms with Gasteiger partial charge in [0.2, 0.25) is 5.76 Å². The number of halogens is 1. The minimum atomic E-state index is -0.0961. The van der Waals surface area contributed by atoms with Crippen molar-refractivity contribution in [1.29, 1.82) is 0 Å². The zero-order valence-electron chi connectivity index (χ0n) is 8.07. The van der Waals surface area contributed by atoms with Gasteiger partial charge >= 0.3 is 0 Å². The fourth-order valence-corrected chi connectivity index (χ4v) is 2.45. The van der Waals surface area contributed by atoms with Crippen LogP contribution in [0.15, 0.2) is 16.7 Å². The molecule has 4 nitrogen and oxygen atoms in total. The van der Waals surface area contributed by atoms with Gasteiger partial charge in [-0.3, -0.25) is 4.79 Å². The molecule has 15 heavy (non-hydrogen) atoms. The van der Waals surface area contributed by atoms with Gasteiger partial charge in [-0.05, 0) is 12.5 Å². The Morgan fingerprint density at radius 1 is 1.53 bits per heavy atom. The standard InChI is InChI=1S/C10H11ClN2O2/c11-8-1-2-15-9(8)10(14)13-4-6-3-7(5-13)12-6/h1-2,6-7,12H,3-5H2. The molecule has 1 aromatic heterocycles. The van der Waals surface area contributed by atoms with Crippen molar-refractivity contribution in [1.82, 2.24) is 10.2 Å². The van der Waals surface area contributed by atoms with Crippen molar-refractivity contribution in [2.45, 2.75) is 18.5 Å². The lowest BCUT2D eigenvalue weighted by Crippen LogP contribution is -2.67. The van der Waals surface area contributed by atoms with Gasteiger partial charge in [-0.2, -0.15) is 0 Å². The SMILES string of the molecule is O=C(c1occc1Cl)N1CC2CC(C1)N2. The molecule has 0 aromatic carbocycles. The van der Waals surface area contributed by atoms with Crippen LogP contribution in [0.25, 0.3) is 0 Å². The van der Waals surface area contributed by atoms with Crippen molar-refractivity contribution in [2.24, 2.45) is 0 Å². The normalized spacial score (nSPS) is 28.7. The zero-order chi connectivity index (χ0) is 10.4. The summed E-state index contributed by atoms with van der Waals surface area (Å²) in [5.41, 5.74) is 0. The molecule has 3 fully saturated rings. The number of hydrogen-bond donors (Lipinski definition) is 1. The average molecular weight is 227 g/mol. The van der Waals surface area contributed by atoms with Crippen LogP contribution in [0.1, 0.15) is 17.0 Å². The van der Waals surface area contributed by atoms with Crippen molar-refractivity contribution < 1.29 is 9.21 Å². The number of hydrogen-bond acceptors (Lipinski definition) is 3. The maximum absolute atomic E-state index is 12.0. The highest BCUT2D eigenvalue weighted by Crippen LogP contribution is 2.25. The highest BCUT2D eigenvalue weighted by Gasteiger charge is 2.39. The maximum Gasteiger partial charge on any atom is 0.291 e. The third kappa shape index (κ3) is 1.44. The van der Waals surface area contributed by atoms with E-state index in [1.54, 1.807) is 11.0 Å². The smallest absolute Gasteiger partial charge is 0.291 e. The molecule has 1 N–H and O–H groups in total. The molecule has 0 spiro atoms. The summed E-state index contributed by atoms with van der Waals surface area (Å²) in [5.74, 6) is 0.166. The number of nitrogens with zero attached hydrogens (tertiary/aromatic N) is 1. The molecule has 2 unspecified atom stereocenters. The summed E-state index contributed by atoms with van der Waals surface area (Å²) in [6.07, 6.45) is 2.62. The summed E-state index contributed by atoms with van der Waals surface area (Å²) in [6.45, 7) is 1.51. The first-order chi connectivity index (χ1) is 7.24. The van der Waals surface area contributed by atoms with E-state index in [1.165, 1.54) is 12.7 Å². The minimum absolute atomic E-state index is 0.0961. The Morgan fingerprint density at radius 3 is 2.73 bits per heavy atom. The molecule has 1 aromatic rings. The van der Waals surface area contributed by atoms with Crippen LogP contribution in [0, 0.1) is 0 Å². The van der Waals surface area contributed by atoms with Gasteiger partial charge in [0.05, 0.1) is 11.3 Å². The summed E-state index contributed by atoms with van der Waals surface area (Å²) in [5, 5.41) is 3.76. The topological polar surface area (TPSA) is 45.5 Å². The second-order valence-electron chi connectivity index (χ2n) is 4.10. The number of carbonyl (C=O) groups is 1. The van der Waals surface area contributed by atoms with Gasteiger partial charge in [0.1, 0.15) is 0 Å². The number of piperazine rings is 1. The first-order valence-electron chi connectivity index (χ1n) is 5.02. The monoisotopic (exact) mass is 226 g/mol. The molecule has 0 saturated carbocycles. The number of furan rings is 1. The van der Waals surface area contributed by atoms with Gasteiger partial charge in [0, 0.05) is 25.2 Å². The number of piperidine rings is 1. The fraction of sp³-hybridized carbons (Fsp3) is 0.500. The highest BCUT2D eigenvalue weighted by atomic mass is 35.5. The second-order valence-corrected chi connectivity index (χ2v) is 4.51. The van der Waals surface area contributed by atoms with E-state index in [9.17, 15) is 4.79 Å². The van der Waals surface area contributed by atoms with Crippen LogP contribution in [-0.2, 0) is 0 Å². The summed E-state index contributed by atoms with van der Waals surface area (Å²) >= 11 is 5.84. The van der Waals surface area contributed by atoms with E-state index in [0.717, 1.165) is 13.1 Å². The van der Waals surface area contributed by atoms with Crippen molar-refractivity contribution >= 4 is 17.5 Å². The molecule has 2 atom stereocenters. The Kier molecular flexibility index (Phi) is 2.00. The lowest BCUT2D eigenvalue weighted by Gasteiger charge is -2.48. The minimum Gasteiger partial charge on any atom is -0.458 e. The molecule has 0 radical (unpaired) electrons. The molecule has 4 rings (SSSR count). The molecular formula is C10H11ClN2O2. The second kappa shape index (κ2) is 3.25. The van der Waals surface area contributed by atoms with E-state index in [2.05, 4.69) is 5.32 Å². The van der Waals surface area contributed by atoms with Gasteiger partial charge in [0.15, 0.2) is 0 Å². The third-order valence-electron chi connectivity index (χ3n) is 3.02. The van der Waals surface area contributed by atoms with Crippen LogP contribution in [0.3, 0.4) is 0 Å². The van der Waals surface area contributed by atoms with Crippen LogP contribution in [-0.4, -0.2) is 36.0 Å². The van der Waals surface area contributed by atoms with Crippen LogP contribution in [0.4, 0.5) is 0 Å². The molecule has 2 bridgehead atoms. The van der Waals surface area contributed by atoms with Crippen LogP contribution < -0.4 is 5.32 Å². The van der Waals surface area contributed by atoms with Gasteiger partial charge in [-0.15, -0.1) is 0 Å². The van der Waals surface area contributed by atoms with Crippen molar-refractivity contribution in [3.63, 3.8) is 0 Å². The number of nitrogens with one attached hydrogen (secondary N) is 1. The molecular weight excluding hydrogens is 216 g/mol. The quantitative estimate of drug-likeness (QED) is 0.781. The summed E-state index contributed by atoms with van der Waals surface area (Å²) in [7, 11) is 0. The molecule has 4 heterocycles. The van der Waals surface area contributed by atoms with Crippen molar-refractivity contribution in [2.75, 3.05) is 13.1 Å². The lowest BCUT2D eigenvalue weighted by molar-refractivity contribution is 0.0446. The van der Waals surface area contributed by atoms with E-state index in [1.807, 2.05) is 0 Å². The molecule has 3 aliphatic heterocycles. The van der Waals surface area contributed by atoms with Gasteiger partial charge in [0.25, 0.3) is 5.91 Å². The van der Waals surface area contributed by atoms with E-state index >= 15 is 0 Å². The van der Waals surface area contributed by atoms with Gasteiger partial charge in [-0.25, -0.2) is 0 Å². The Morgan fingerprint density at radius 2 is 2.20 bits per heavy atom. The van der Waals surface area contributed by atoms with Crippen molar-refractivity contribution in [3.8, 4) is 0 Å².